The summed E-state index contributed by atoms with van der Waals surface area (Å²) in [6.45, 7) is 7.73. The molecular formula is C25H31Cl2NO4. The SMILES string of the molecule is CC(C)c1cccc(Cl)c1COc1ccc2c(c1)OCC21CCCN(CCC(=O)O)C1.Cl. The first kappa shape index (κ1) is 24.7. The third-order valence-electron chi connectivity index (χ3n) is 6.49. The molecular weight excluding hydrogens is 449 g/mol. The largest absolute Gasteiger partial charge is 0.492 e. The van der Waals surface area contributed by atoms with E-state index in [4.69, 9.17) is 26.2 Å². The first-order valence-electron chi connectivity index (χ1n) is 11.0. The van der Waals surface area contributed by atoms with Crippen LogP contribution in [-0.4, -0.2) is 42.2 Å². The van der Waals surface area contributed by atoms with Gasteiger partial charge in [0.25, 0.3) is 0 Å². The van der Waals surface area contributed by atoms with E-state index in [0.29, 0.717) is 25.7 Å². The van der Waals surface area contributed by atoms with Crippen molar-refractivity contribution in [2.45, 2.75) is 51.0 Å². The van der Waals surface area contributed by atoms with Crippen LogP contribution in [0.1, 0.15) is 55.7 Å². The number of benzene rings is 2. The summed E-state index contributed by atoms with van der Waals surface area (Å²) in [4.78, 5) is 13.2. The van der Waals surface area contributed by atoms with Gasteiger partial charge >= 0.3 is 5.97 Å². The lowest BCUT2D eigenvalue weighted by molar-refractivity contribution is -0.137. The van der Waals surface area contributed by atoms with E-state index in [1.165, 1.54) is 11.1 Å². The number of halogens is 2. The van der Waals surface area contributed by atoms with Crippen LogP contribution in [0.15, 0.2) is 36.4 Å². The minimum Gasteiger partial charge on any atom is -0.492 e. The van der Waals surface area contributed by atoms with Gasteiger partial charge in [-0.15, -0.1) is 12.4 Å². The molecule has 4 rings (SSSR count). The Kier molecular flexibility index (Phi) is 7.97. The number of aliphatic carboxylic acids is 1. The van der Waals surface area contributed by atoms with E-state index >= 15 is 0 Å². The number of carbonyl (C=O) groups is 1. The molecule has 5 nitrogen and oxygen atoms in total. The highest BCUT2D eigenvalue weighted by molar-refractivity contribution is 6.31. The zero-order chi connectivity index (χ0) is 22.0. The van der Waals surface area contributed by atoms with E-state index in [9.17, 15) is 4.79 Å². The third kappa shape index (κ3) is 5.16. The molecule has 2 heterocycles. The summed E-state index contributed by atoms with van der Waals surface area (Å²) in [6, 6.07) is 12.1. The monoisotopic (exact) mass is 479 g/mol. The Balaban J connectivity index is 0.00000289. The Morgan fingerprint density at radius 3 is 2.88 bits per heavy atom. The number of hydrogen-bond acceptors (Lipinski definition) is 4. The molecule has 2 aliphatic rings. The van der Waals surface area contributed by atoms with Crippen LogP contribution in [0.2, 0.25) is 5.02 Å². The fourth-order valence-electron chi connectivity index (χ4n) is 4.88. The van der Waals surface area contributed by atoms with Gasteiger partial charge in [0.05, 0.1) is 13.0 Å². The van der Waals surface area contributed by atoms with Crippen LogP contribution in [-0.2, 0) is 16.8 Å². The number of fused-ring (bicyclic) bond motifs is 2. The average Bonchev–Trinajstić information content (AvgIpc) is 3.08. The van der Waals surface area contributed by atoms with Crippen molar-refractivity contribution in [2.24, 2.45) is 0 Å². The van der Waals surface area contributed by atoms with Crippen molar-refractivity contribution in [2.75, 3.05) is 26.2 Å². The van der Waals surface area contributed by atoms with Gasteiger partial charge < -0.3 is 19.5 Å². The summed E-state index contributed by atoms with van der Waals surface area (Å²) in [6.07, 6.45) is 2.28. The summed E-state index contributed by atoms with van der Waals surface area (Å²) in [5.41, 5.74) is 3.38. The minimum atomic E-state index is -0.747. The molecule has 1 N–H and O–H groups in total. The first-order chi connectivity index (χ1) is 14.9. The molecule has 1 fully saturated rings. The maximum Gasteiger partial charge on any atom is 0.304 e. The summed E-state index contributed by atoms with van der Waals surface area (Å²) in [5, 5.41) is 9.74. The Morgan fingerprint density at radius 2 is 2.12 bits per heavy atom. The van der Waals surface area contributed by atoms with Gasteiger partial charge in [-0.25, -0.2) is 0 Å². The van der Waals surface area contributed by atoms with Crippen LogP contribution in [0.4, 0.5) is 0 Å². The topological polar surface area (TPSA) is 59.0 Å². The number of rotatable bonds is 7. The molecule has 7 heteroatoms. The van der Waals surface area contributed by atoms with Crippen molar-refractivity contribution in [1.29, 1.82) is 0 Å². The second-order valence-corrected chi connectivity index (χ2v) is 9.41. The molecule has 1 saturated heterocycles. The predicted molar refractivity (Wildman–Crippen MR) is 129 cm³/mol. The quantitative estimate of drug-likeness (QED) is 0.554. The van der Waals surface area contributed by atoms with Crippen molar-refractivity contribution in [1.82, 2.24) is 4.90 Å². The molecule has 0 saturated carbocycles. The Bertz CT molecular complexity index is 965. The molecule has 1 atom stereocenters. The molecule has 2 aromatic carbocycles. The van der Waals surface area contributed by atoms with E-state index < -0.39 is 5.97 Å². The van der Waals surface area contributed by atoms with Crippen LogP contribution >= 0.6 is 24.0 Å². The lowest BCUT2D eigenvalue weighted by atomic mass is 9.75. The van der Waals surface area contributed by atoms with Gasteiger partial charge in [-0.05, 0) is 43.0 Å². The molecule has 0 radical (unpaired) electrons. The van der Waals surface area contributed by atoms with E-state index in [2.05, 4.69) is 30.9 Å². The molecule has 2 aliphatic heterocycles. The lowest BCUT2D eigenvalue weighted by Crippen LogP contribution is -2.47. The lowest BCUT2D eigenvalue weighted by Gasteiger charge is -2.39. The number of likely N-dealkylation sites (tertiary alicyclic amines) is 1. The van der Waals surface area contributed by atoms with Gasteiger partial charge in [0.2, 0.25) is 0 Å². The Hall–Kier alpha value is -1.95. The second-order valence-electron chi connectivity index (χ2n) is 9.00. The fraction of sp³-hybridized carbons (Fsp3) is 0.480. The summed E-state index contributed by atoms with van der Waals surface area (Å²) in [5.74, 6) is 1.27. The summed E-state index contributed by atoms with van der Waals surface area (Å²) < 4.78 is 12.2. The number of carboxylic acid groups (broad SMARTS) is 1. The van der Waals surface area contributed by atoms with Gasteiger partial charge in [0.15, 0.2) is 0 Å². The van der Waals surface area contributed by atoms with Gasteiger partial charge in [-0.2, -0.15) is 0 Å². The molecule has 1 spiro atoms. The van der Waals surface area contributed by atoms with Gasteiger partial charge in [-0.1, -0.05) is 43.6 Å². The van der Waals surface area contributed by atoms with Crippen LogP contribution in [0, 0.1) is 0 Å². The van der Waals surface area contributed by atoms with Crippen molar-refractivity contribution < 1.29 is 19.4 Å². The van der Waals surface area contributed by atoms with E-state index in [1.54, 1.807) is 0 Å². The molecule has 32 heavy (non-hydrogen) atoms. The number of hydrogen-bond donors (Lipinski definition) is 1. The van der Waals surface area contributed by atoms with Crippen molar-refractivity contribution >= 4 is 30.0 Å². The van der Waals surface area contributed by atoms with Crippen molar-refractivity contribution in [3.05, 3.63) is 58.1 Å². The molecule has 1 unspecified atom stereocenters. The van der Waals surface area contributed by atoms with Crippen LogP contribution in [0.3, 0.4) is 0 Å². The third-order valence-corrected chi connectivity index (χ3v) is 6.84. The van der Waals surface area contributed by atoms with E-state index in [1.807, 2.05) is 24.3 Å². The molecule has 2 aromatic rings. The number of nitrogens with zero attached hydrogens (tertiary/aromatic N) is 1. The Labute approximate surface area is 201 Å². The normalized spacial score (nSPS) is 20.0. The molecule has 0 bridgehead atoms. The molecule has 174 valence electrons. The highest BCUT2D eigenvalue weighted by Crippen LogP contribution is 2.45. The van der Waals surface area contributed by atoms with Crippen LogP contribution in [0.5, 0.6) is 11.5 Å². The smallest absolute Gasteiger partial charge is 0.304 e. The van der Waals surface area contributed by atoms with Gasteiger partial charge in [0, 0.05) is 40.7 Å². The predicted octanol–water partition coefficient (Wildman–Crippen LogP) is 5.66. The van der Waals surface area contributed by atoms with Crippen LogP contribution in [0.25, 0.3) is 0 Å². The minimum absolute atomic E-state index is 0. The highest BCUT2D eigenvalue weighted by Gasteiger charge is 2.43. The average molecular weight is 480 g/mol. The first-order valence-corrected chi connectivity index (χ1v) is 11.4. The van der Waals surface area contributed by atoms with E-state index in [-0.39, 0.29) is 24.2 Å². The maximum atomic E-state index is 11.0. The van der Waals surface area contributed by atoms with Crippen molar-refractivity contribution in [3.8, 4) is 11.5 Å². The van der Waals surface area contributed by atoms with Crippen molar-refractivity contribution in [3.63, 3.8) is 0 Å². The summed E-state index contributed by atoms with van der Waals surface area (Å²) in [7, 11) is 0. The van der Waals surface area contributed by atoms with Gasteiger partial charge in [0.1, 0.15) is 18.1 Å². The van der Waals surface area contributed by atoms with Crippen LogP contribution < -0.4 is 9.47 Å². The van der Waals surface area contributed by atoms with Gasteiger partial charge in [-0.3, -0.25) is 4.79 Å². The maximum absolute atomic E-state index is 11.0. The van der Waals surface area contributed by atoms with E-state index in [0.717, 1.165) is 48.0 Å². The fourth-order valence-corrected chi connectivity index (χ4v) is 5.11. The zero-order valence-corrected chi connectivity index (χ0v) is 20.2. The number of piperidine rings is 1. The molecule has 0 amide bonds. The standard InChI is InChI=1S/C25H30ClNO4.ClH/c1-17(2)19-5-3-6-22(26)20(19)14-30-18-7-8-21-23(13-18)31-16-25(21)10-4-11-27(15-25)12-9-24(28)29;/h3,5-8,13,17H,4,9-12,14-16H2,1-2H3,(H,28,29);1H. The highest BCUT2D eigenvalue weighted by atomic mass is 35.5. The zero-order valence-electron chi connectivity index (χ0n) is 18.6. The second kappa shape index (κ2) is 10.3. The summed E-state index contributed by atoms with van der Waals surface area (Å²) >= 11 is 6.44. The number of ether oxygens (including phenoxy) is 2. The molecule has 0 aromatic heterocycles. The Morgan fingerprint density at radius 1 is 1.31 bits per heavy atom. The number of carboxylic acids is 1. The molecule has 0 aliphatic carbocycles.